The molecule has 2 aromatic rings. The topological polar surface area (TPSA) is 21.3 Å². The Labute approximate surface area is 123 Å². The van der Waals surface area contributed by atoms with Crippen molar-refractivity contribution in [3.8, 4) is 5.75 Å². The highest BCUT2D eigenvalue weighted by Crippen LogP contribution is 2.29. The van der Waals surface area contributed by atoms with Gasteiger partial charge in [0, 0.05) is 28.4 Å². The van der Waals surface area contributed by atoms with Crippen molar-refractivity contribution in [2.45, 2.75) is 20.4 Å². The molecule has 4 heteroatoms. The van der Waals surface area contributed by atoms with Gasteiger partial charge in [0.2, 0.25) is 0 Å². The molecule has 0 aliphatic heterocycles. The van der Waals surface area contributed by atoms with Crippen LogP contribution < -0.4 is 10.1 Å². The standard InChI is InChI=1S/C16H17ClFNO/c1-10-4-7-15(11(2)16(10)20-3)19-9-12-5-6-13(17)8-14(12)18/h4-8,19H,9H2,1-3H3. The van der Waals surface area contributed by atoms with E-state index in [1.165, 1.54) is 6.07 Å². The van der Waals surface area contributed by atoms with Crippen molar-refractivity contribution in [3.63, 3.8) is 0 Å². The Morgan fingerprint density at radius 1 is 1.20 bits per heavy atom. The van der Waals surface area contributed by atoms with Gasteiger partial charge >= 0.3 is 0 Å². The molecule has 0 bridgehead atoms. The first-order valence-electron chi connectivity index (χ1n) is 6.35. The van der Waals surface area contributed by atoms with Crippen molar-refractivity contribution in [1.29, 1.82) is 0 Å². The van der Waals surface area contributed by atoms with Gasteiger partial charge in [-0.2, -0.15) is 0 Å². The number of halogens is 2. The van der Waals surface area contributed by atoms with E-state index in [1.807, 2.05) is 26.0 Å². The number of aryl methyl sites for hydroxylation is 1. The molecule has 0 unspecified atom stereocenters. The third-order valence-electron chi connectivity index (χ3n) is 3.29. The second kappa shape index (κ2) is 6.14. The van der Waals surface area contributed by atoms with Crippen LogP contribution in [-0.2, 0) is 6.54 Å². The van der Waals surface area contributed by atoms with Gasteiger partial charge in [0.25, 0.3) is 0 Å². The van der Waals surface area contributed by atoms with Crippen LogP contribution in [0.5, 0.6) is 5.75 Å². The van der Waals surface area contributed by atoms with E-state index in [0.717, 1.165) is 22.6 Å². The number of nitrogens with one attached hydrogen (secondary N) is 1. The van der Waals surface area contributed by atoms with E-state index in [-0.39, 0.29) is 5.82 Å². The van der Waals surface area contributed by atoms with Gasteiger partial charge < -0.3 is 10.1 Å². The quantitative estimate of drug-likeness (QED) is 0.881. The Bertz CT molecular complexity index is 628. The van der Waals surface area contributed by atoms with Crippen LogP contribution >= 0.6 is 11.6 Å². The molecule has 0 fully saturated rings. The van der Waals surface area contributed by atoms with Crippen LogP contribution in [0.1, 0.15) is 16.7 Å². The van der Waals surface area contributed by atoms with Gasteiger partial charge in [-0.15, -0.1) is 0 Å². The zero-order valence-corrected chi connectivity index (χ0v) is 12.5. The number of ether oxygens (including phenoxy) is 1. The molecule has 2 nitrogen and oxygen atoms in total. The molecule has 0 aliphatic carbocycles. The highest BCUT2D eigenvalue weighted by atomic mass is 35.5. The van der Waals surface area contributed by atoms with E-state index in [9.17, 15) is 4.39 Å². The summed E-state index contributed by atoms with van der Waals surface area (Å²) in [5.74, 6) is 0.549. The molecule has 2 rings (SSSR count). The minimum Gasteiger partial charge on any atom is -0.496 e. The Hall–Kier alpha value is -1.74. The summed E-state index contributed by atoms with van der Waals surface area (Å²) in [5.41, 5.74) is 3.60. The fourth-order valence-electron chi connectivity index (χ4n) is 2.19. The van der Waals surface area contributed by atoms with Crippen molar-refractivity contribution in [3.05, 3.63) is 57.9 Å². The molecule has 0 atom stereocenters. The summed E-state index contributed by atoms with van der Waals surface area (Å²) < 4.78 is 19.1. The molecule has 106 valence electrons. The molecule has 0 saturated carbocycles. The number of hydrogen-bond donors (Lipinski definition) is 1. The summed E-state index contributed by atoms with van der Waals surface area (Å²) in [6, 6.07) is 8.64. The lowest BCUT2D eigenvalue weighted by Crippen LogP contribution is -2.04. The summed E-state index contributed by atoms with van der Waals surface area (Å²) in [7, 11) is 1.65. The van der Waals surface area contributed by atoms with Crippen LogP contribution in [0.25, 0.3) is 0 Å². The minimum atomic E-state index is -0.304. The first kappa shape index (κ1) is 14.7. The van der Waals surface area contributed by atoms with Crippen molar-refractivity contribution in [2.24, 2.45) is 0 Å². The summed E-state index contributed by atoms with van der Waals surface area (Å²) in [6.07, 6.45) is 0. The molecule has 0 spiro atoms. The van der Waals surface area contributed by atoms with Gasteiger partial charge in [0.1, 0.15) is 11.6 Å². The Morgan fingerprint density at radius 2 is 1.95 bits per heavy atom. The summed E-state index contributed by atoms with van der Waals surface area (Å²) in [6.45, 7) is 4.37. The Balaban J connectivity index is 2.19. The van der Waals surface area contributed by atoms with E-state index < -0.39 is 0 Å². The normalized spacial score (nSPS) is 10.4. The molecule has 0 heterocycles. The van der Waals surface area contributed by atoms with E-state index in [2.05, 4.69) is 5.32 Å². The van der Waals surface area contributed by atoms with Crippen LogP contribution in [0.3, 0.4) is 0 Å². The average molecular weight is 294 g/mol. The molecule has 0 aromatic heterocycles. The SMILES string of the molecule is COc1c(C)ccc(NCc2ccc(Cl)cc2F)c1C. The van der Waals surface area contributed by atoms with E-state index >= 15 is 0 Å². The van der Waals surface area contributed by atoms with Crippen LogP contribution in [0.4, 0.5) is 10.1 Å². The second-order valence-corrected chi connectivity index (χ2v) is 5.11. The maximum Gasteiger partial charge on any atom is 0.129 e. The molecular formula is C16H17ClFNO. The fraction of sp³-hybridized carbons (Fsp3) is 0.250. The largest absolute Gasteiger partial charge is 0.496 e. The Kier molecular flexibility index (Phi) is 4.50. The molecule has 0 saturated heterocycles. The number of methoxy groups -OCH3 is 1. The fourth-order valence-corrected chi connectivity index (χ4v) is 2.35. The van der Waals surface area contributed by atoms with Crippen LogP contribution in [0.2, 0.25) is 5.02 Å². The zero-order valence-electron chi connectivity index (χ0n) is 11.8. The van der Waals surface area contributed by atoms with Gasteiger partial charge in [0.15, 0.2) is 0 Å². The summed E-state index contributed by atoms with van der Waals surface area (Å²) in [5, 5.41) is 3.63. The molecule has 20 heavy (non-hydrogen) atoms. The third kappa shape index (κ3) is 3.05. The van der Waals surface area contributed by atoms with E-state index in [0.29, 0.717) is 17.1 Å². The minimum absolute atomic E-state index is 0.304. The first-order chi connectivity index (χ1) is 9.52. The van der Waals surface area contributed by atoms with Gasteiger partial charge in [-0.25, -0.2) is 4.39 Å². The number of anilines is 1. The summed E-state index contributed by atoms with van der Waals surface area (Å²) in [4.78, 5) is 0. The van der Waals surface area contributed by atoms with Crippen molar-refractivity contribution < 1.29 is 9.13 Å². The van der Waals surface area contributed by atoms with E-state index in [4.69, 9.17) is 16.3 Å². The molecular weight excluding hydrogens is 277 g/mol. The molecule has 0 amide bonds. The van der Waals surface area contributed by atoms with E-state index in [1.54, 1.807) is 19.2 Å². The van der Waals surface area contributed by atoms with Gasteiger partial charge in [0.05, 0.1) is 7.11 Å². The molecule has 2 aromatic carbocycles. The molecule has 1 N–H and O–H groups in total. The van der Waals surface area contributed by atoms with Crippen molar-refractivity contribution in [1.82, 2.24) is 0 Å². The highest BCUT2D eigenvalue weighted by molar-refractivity contribution is 6.30. The molecule has 0 radical (unpaired) electrons. The maximum absolute atomic E-state index is 13.7. The number of benzene rings is 2. The van der Waals surface area contributed by atoms with Crippen LogP contribution in [-0.4, -0.2) is 7.11 Å². The average Bonchev–Trinajstić information content (AvgIpc) is 2.40. The second-order valence-electron chi connectivity index (χ2n) is 4.68. The smallest absolute Gasteiger partial charge is 0.129 e. The predicted octanol–water partition coefficient (Wildman–Crippen LogP) is 4.72. The lowest BCUT2D eigenvalue weighted by molar-refractivity contribution is 0.409. The van der Waals surface area contributed by atoms with Gasteiger partial charge in [-0.3, -0.25) is 0 Å². The zero-order chi connectivity index (χ0) is 14.7. The third-order valence-corrected chi connectivity index (χ3v) is 3.53. The van der Waals surface area contributed by atoms with Crippen LogP contribution in [0.15, 0.2) is 30.3 Å². The highest BCUT2D eigenvalue weighted by Gasteiger charge is 2.08. The van der Waals surface area contributed by atoms with Crippen molar-refractivity contribution in [2.75, 3.05) is 12.4 Å². The predicted molar refractivity (Wildman–Crippen MR) is 81.2 cm³/mol. The van der Waals surface area contributed by atoms with Gasteiger partial charge in [-0.05, 0) is 37.6 Å². The monoisotopic (exact) mass is 293 g/mol. The lowest BCUT2D eigenvalue weighted by Gasteiger charge is -2.15. The number of hydrogen-bond acceptors (Lipinski definition) is 2. The lowest BCUT2D eigenvalue weighted by atomic mass is 10.1. The van der Waals surface area contributed by atoms with Crippen molar-refractivity contribution >= 4 is 17.3 Å². The maximum atomic E-state index is 13.7. The Morgan fingerprint density at radius 3 is 2.60 bits per heavy atom. The first-order valence-corrected chi connectivity index (χ1v) is 6.72. The van der Waals surface area contributed by atoms with Crippen LogP contribution in [0, 0.1) is 19.7 Å². The van der Waals surface area contributed by atoms with Gasteiger partial charge in [-0.1, -0.05) is 23.7 Å². The summed E-state index contributed by atoms with van der Waals surface area (Å²) >= 11 is 5.74. The number of rotatable bonds is 4. The molecule has 0 aliphatic rings.